The van der Waals surface area contributed by atoms with E-state index in [1.165, 1.54) is 4.68 Å². The maximum atomic E-state index is 10.9. The lowest BCUT2D eigenvalue weighted by Gasteiger charge is -2.10. The fraction of sp³-hybridized carbons (Fsp3) is 0.0833. The molecule has 0 spiro atoms. The predicted molar refractivity (Wildman–Crippen MR) is 127 cm³/mol. The number of nitrogens with one attached hydrogen (secondary N) is 2. The maximum absolute atomic E-state index is 10.9. The van der Waals surface area contributed by atoms with Gasteiger partial charge in [0.15, 0.2) is 5.82 Å². The number of hydrogen-bond acceptors (Lipinski definition) is 7. The Bertz CT molecular complexity index is 1440. The number of pyridine rings is 1. The molecule has 5 rings (SSSR count). The van der Waals surface area contributed by atoms with Gasteiger partial charge in [0.25, 0.3) is 0 Å². The first-order chi connectivity index (χ1) is 16.5. The standard InChI is InChI=1S/C24H21N7O3/c25-24-22-19(28-29-24)12-20(26-13-16-10-11-31(30-16)14-21(32)33)27-23(22)15-6-8-18(9-7-15)34-17-4-2-1-3-5-17/h1-12H,13-14H2,(H,26,27)(H,32,33)(H3,25,28,29). The predicted octanol–water partition coefficient (Wildman–Crippen LogP) is 3.89. The molecule has 0 aliphatic carbocycles. The topological polar surface area (TPSA) is 144 Å². The molecule has 0 amide bonds. The number of carbonyl (C=O) groups is 1. The third-order valence-corrected chi connectivity index (χ3v) is 5.12. The number of aromatic amines is 1. The summed E-state index contributed by atoms with van der Waals surface area (Å²) in [6.45, 7) is 0.184. The van der Waals surface area contributed by atoms with E-state index in [9.17, 15) is 4.79 Å². The van der Waals surface area contributed by atoms with E-state index < -0.39 is 5.97 Å². The molecule has 5 aromatic rings. The van der Waals surface area contributed by atoms with E-state index in [4.69, 9.17) is 20.6 Å². The molecule has 0 unspecified atom stereocenters. The molecule has 0 saturated carbocycles. The first-order valence-corrected chi connectivity index (χ1v) is 10.5. The Labute approximate surface area is 194 Å². The van der Waals surface area contributed by atoms with Crippen molar-refractivity contribution < 1.29 is 14.6 Å². The van der Waals surface area contributed by atoms with Crippen LogP contribution in [-0.4, -0.2) is 36.0 Å². The molecule has 3 aromatic heterocycles. The lowest BCUT2D eigenvalue weighted by Crippen LogP contribution is -2.10. The van der Waals surface area contributed by atoms with E-state index in [1.54, 1.807) is 12.3 Å². The fourth-order valence-electron chi connectivity index (χ4n) is 3.58. The summed E-state index contributed by atoms with van der Waals surface area (Å²) in [5.41, 5.74) is 9.08. The number of para-hydroxylation sites is 1. The van der Waals surface area contributed by atoms with E-state index in [-0.39, 0.29) is 6.54 Å². The second kappa shape index (κ2) is 8.94. The number of benzene rings is 2. The minimum atomic E-state index is -0.948. The molecule has 0 aliphatic rings. The summed E-state index contributed by atoms with van der Waals surface area (Å²) in [4.78, 5) is 15.6. The van der Waals surface area contributed by atoms with Gasteiger partial charge in [-0.05, 0) is 42.5 Å². The number of aliphatic carboxylic acids is 1. The molecule has 0 atom stereocenters. The molecule has 10 nitrogen and oxygen atoms in total. The monoisotopic (exact) mass is 455 g/mol. The van der Waals surface area contributed by atoms with E-state index in [2.05, 4.69) is 20.6 Å². The molecular formula is C24H21N7O3. The van der Waals surface area contributed by atoms with Gasteiger partial charge < -0.3 is 20.9 Å². The van der Waals surface area contributed by atoms with Crippen molar-refractivity contribution in [2.75, 3.05) is 11.1 Å². The lowest BCUT2D eigenvalue weighted by atomic mass is 10.1. The molecular weight excluding hydrogens is 434 g/mol. The van der Waals surface area contributed by atoms with Crippen molar-refractivity contribution in [3.05, 3.63) is 78.6 Å². The molecule has 0 radical (unpaired) electrons. The number of fused-ring (bicyclic) bond motifs is 1. The van der Waals surface area contributed by atoms with Gasteiger partial charge >= 0.3 is 5.97 Å². The van der Waals surface area contributed by atoms with Gasteiger partial charge in [0.05, 0.1) is 28.8 Å². The van der Waals surface area contributed by atoms with Crippen LogP contribution in [0.5, 0.6) is 11.5 Å². The molecule has 0 fully saturated rings. The van der Waals surface area contributed by atoms with Crippen LogP contribution in [0.4, 0.5) is 11.6 Å². The first-order valence-electron chi connectivity index (χ1n) is 10.5. The summed E-state index contributed by atoms with van der Waals surface area (Å²) >= 11 is 0. The van der Waals surface area contributed by atoms with Crippen LogP contribution in [0.1, 0.15) is 5.69 Å². The first kappa shape index (κ1) is 21.0. The summed E-state index contributed by atoms with van der Waals surface area (Å²) in [6.07, 6.45) is 1.63. The van der Waals surface area contributed by atoms with Gasteiger partial charge in [-0.3, -0.25) is 14.6 Å². The summed E-state index contributed by atoms with van der Waals surface area (Å²) in [5, 5.41) is 24.2. The highest BCUT2D eigenvalue weighted by Gasteiger charge is 2.14. The Balaban J connectivity index is 1.40. The smallest absolute Gasteiger partial charge is 0.325 e. The van der Waals surface area contributed by atoms with Crippen LogP contribution < -0.4 is 15.8 Å². The van der Waals surface area contributed by atoms with E-state index in [0.717, 1.165) is 22.2 Å². The highest BCUT2D eigenvalue weighted by molar-refractivity contribution is 6.01. The molecule has 0 bridgehead atoms. The average Bonchev–Trinajstić information content (AvgIpc) is 3.44. The third kappa shape index (κ3) is 4.51. The minimum Gasteiger partial charge on any atom is -0.480 e. The van der Waals surface area contributed by atoms with Crippen LogP contribution in [-0.2, 0) is 17.9 Å². The van der Waals surface area contributed by atoms with Crippen LogP contribution in [0, 0.1) is 0 Å². The molecule has 0 aliphatic heterocycles. The number of rotatable bonds is 8. The number of nitrogens with zero attached hydrogens (tertiary/aromatic N) is 4. The van der Waals surface area contributed by atoms with Gasteiger partial charge in [0.1, 0.15) is 23.9 Å². The van der Waals surface area contributed by atoms with Gasteiger partial charge in [-0.15, -0.1) is 0 Å². The zero-order valence-electron chi connectivity index (χ0n) is 18.0. The second-order valence-electron chi connectivity index (χ2n) is 7.58. The van der Waals surface area contributed by atoms with E-state index >= 15 is 0 Å². The van der Waals surface area contributed by atoms with Gasteiger partial charge in [0.2, 0.25) is 0 Å². The van der Waals surface area contributed by atoms with Crippen molar-refractivity contribution in [1.82, 2.24) is 25.0 Å². The summed E-state index contributed by atoms with van der Waals surface area (Å²) < 4.78 is 7.25. The molecule has 5 N–H and O–H groups in total. The molecule has 170 valence electrons. The third-order valence-electron chi connectivity index (χ3n) is 5.12. The Hall–Kier alpha value is -4.86. The number of carboxylic acid groups (broad SMARTS) is 1. The summed E-state index contributed by atoms with van der Waals surface area (Å²) in [6, 6.07) is 20.7. The lowest BCUT2D eigenvalue weighted by molar-refractivity contribution is -0.137. The van der Waals surface area contributed by atoms with Crippen molar-refractivity contribution in [2.45, 2.75) is 13.1 Å². The minimum absolute atomic E-state index is 0.189. The molecule has 3 heterocycles. The Morgan fingerprint density at radius 3 is 2.62 bits per heavy atom. The number of anilines is 2. The van der Waals surface area contributed by atoms with Gasteiger partial charge in [-0.2, -0.15) is 10.2 Å². The zero-order chi connectivity index (χ0) is 23.5. The maximum Gasteiger partial charge on any atom is 0.325 e. The van der Waals surface area contributed by atoms with Gasteiger partial charge in [-0.1, -0.05) is 18.2 Å². The highest BCUT2D eigenvalue weighted by atomic mass is 16.5. The van der Waals surface area contributed by atoms with Crippen LogP contribution in [0.25, 0.3) is 22.2 Å². The van der Waals surface area contributed by atoms with Crippen LogP contribution in [0.2, 0.25) is 0 Å². The number of aromatic nitrogens is 5. The number of nitrogen functional groups attached to an aromatic ring is 1. The summed E-state index contributed by atoms with van der Waals surface area (Å²) in [7, 11) is 0. The second-order valence-corrected chi connectivity index (χ2v) is 7.58. The van der Waals surface area contributed by atoms with Crippen molar-refractivity contribution in [3.63, 3.8) is 0 Å². The van der Waals surface area contributed by atoms with Crippen molar-refractivity contribution >= 4 is 28.5 Å². The van der Waals surface area contributed by atoms with Crippen molar-refractivity contribution in [3.8, 4) is 22.8 Å². The highest BCUT2D eigenvalue weighted by Crippen LogP contribution is 2.33. The van der Waals surface area contributed by atoms with E-state index in [0.29, 0.717) is 35.3 Å². The average molecular weight is 455 g/mol. The van der Waals surface area contributed by atoms with Gasteiger partial charge in [0, 0.05) is 17.8 Å². The Kier molecular flexibility index (Phi) is 5.53. The SMILES string of the molecule is Nc1n[nH]c2cc(NCc3ccn(CC(=O)O)n3)nc(-c3ccc(Oc4ccccc4)cc3)c12. The normalized spacial score (nSPS) is 10.9. The van der Waals surface area contributed by atoms with Crippen LogP contribution in [0.3, 0.4) is 0 Å². The number of H-pyrrole nitrogens is 1. The van der Waals surface area contributed by atoms with Crippen LogP contribution in [0.15, 0.2) is 72.9 Å². The van der Waals surface area contributed by atoms with Crippen molar-refractivity contribution in [1.29, 1.82) is 0 Å². The number of ether oxygens (including phenoxy) is 1. The zero-order valence-corrected chi connectivity index (χ0v) is 18.0. The fourth-order valence-corrected chi connectivity index (χ4v) is 3.58. The molecule has 0 saturated heterocycles. The number of carboxylic acids is 1. The van der Waals surface area contributed by atoms with Gasteiger partial charge in [-0.25, -0.2) is 4.98 Å². The Morgan fingerprint density at radius 2 is 1.85 bits per heavy atom. The van der Waals surface area contributed by atoms with E-state index in [1.807, 2.05) is 60.7 Å². The number of nitrogens with two attached hydrogens (primary N) is 1. The molecule has 10 heteroatoms. The summed E-state index contributed by atoms with van der Waals surface area (Å²) in [5.74, 6) is 1.48. The number of hydrogen-bond donors (Lipinski definition) is 4. The molecule has 34 heavy (non-hydrogen) atoms. The van der Waals surface area contributed by atoms with Crippen LogP contribution >= 0.6 is 0 Å². The quantitative estimate of drug-likeness (QED) is 0.276. The largest absolute Gasteiger partial charge is 0.480 e. The van der Waals surface area contributed by atoms with Crippen molar-refractivity contribution in [2.24, 2.45) is 0 Å². The molecule has 2 aromatic carbocycles. The Morgan fingerprint density at radius 1 is 1.09 bits per heavy atom.